The molecule has 0 radical (unpaired) electrons. The van der Waals surface area contributed by atoms with E-state index in [2.05, 4.69) is 15.5 Å². The number of hydrogen-bond donors (Lipinski definition) is 2. The van der Waals surface area contributed by atoms with Gasteiger partial charge in [-0.05, 0) is 32.6 Å². The SMILES string of the molecule is Cc1nnc(SCC(NC(C)C)(C(N)=O)C2CC2)o1. The summed E-state index contributed by atoms with van der Waals surface area (Å²) in [5, 5.41) is 11.5. The van der Waals surface area contributed by atoms with Crippen molar-refractivity contribution in [2.45, 2.75) is 50.4 Å². The summed E-state index contributed by atoms with van der Waals surface area (Å²) in [5.74, 6) is 1.05. The third-order valence-electron chi connectivity index (χ3n) is 3.19. The van der Waals surface area contributed by atoms with Gasteiger partial charge < -0.3 is 15.5 Å². The van der Waals surface area contributed by atoms with E-state index in [1.807, 2.05) is 13.8 Å². The maximum absolute atomic E-state index is 11.9. The van der Waals surface area contributed by atoms with Crippen LogP contribution >= 0.6 is 11.8 Å². The number of nitrogens with two attached hydrogens (primary N) is 1. The maximum Gasteiger partial charge on any atom is 0.276 e. The van der Waals surface area contributed by atoms with Gasteiger partial charge in [0.2, 0.25) is 11.8 Å². The minimum absolute atomic E-state index is 0.193. The Morgan fingerprint density at radius 3 is 2.68 bits per heavy atom. The monoisotopic (exact) mass is 284 g/mol. The van der Waals surface area contributed by atoms with E-state index in [1.165, 1.54) is 11.8 Å². The summed E-state index contributed by atoms with van der Waals surface area (Å²) >= 11 is 1.38. The molecule has 1 heterocycles. The van der Waals surface area contributed by atoms with E-state index in [0.717, 1.165) is 12.8 Å². The summed E-state index contributed by atoms with van der Waals surface area (Å²) < 4.78 is 5.32. The van der Waals surface area contributed by atoms with Crippen LogP contribution in [0.1, 0.15) is 32.6 Å². The van der Waals surface area contributed by atoms with Crippen LogP contribution < -0.4 is 11.1 Å². The Kier molecular flexibility index (Phi) is 4.15. The number of aryl methyl sites for hydroxylation is 1. The summed E-state index contributed by atoms with van der Waals surface area (Å²) in [4.78, 5) is 11.9. The fourth-order valence-electron chi connectivity index (χ4n) is 2.22. The molecule has 1 aromatic heterocycles. The average molecular weight is 284 g/mol. The number of nitrogens with zero attached hydrogens (tertiary/aromatic N) is 2. The van der Waals surface area contributed by atoms with Crippen molar-refractivity contribution in [3.05, 3.63) is 5.89 Å². The van der Waals surface area contributed by atoms with Crippen molar-refractivity contribution in [2.75, 3.05) is 5.75 Å². The molecule has 1 aliphatic carbocycles. The maximum atomic E-state index is 11.9. The molecule has 1 unspecified atom stereocenters. The number of hydrogen-bond acceptors (Lipinski definition) is 6. The molecule has 7 heteroatoms. The lowest BCUT2D eigenvalue weighted by atomic mass is 9.93. The summed E-state index contributed by atoms with van der Waals surface area (Å²) in [5.41, 5.74) is 4.97. The molecule has 0 spiro atoms. The molecular formula is C12H20N4O2S. The molecular weight excluding hydrogens is 264 g/mol. The number of primary amides is 1. The molecule has 1 aliphatic rings. The first-order valence-electron chi connectivity index (χ1n) is 6.44. The van der Waals surface area contributed by atoms with Crippen LogP contribution in [0.2, 0.25) is 0 Å². The fraction of sp³-hybridized carbons (Fsp3) is 0.750. The molecule has 1 saturated carbocycles. The van der Waals surface area contributed by atoms with Crippen molar-refractivity contribution in [1.29, 1.82) is 0 Å². The molecule has 1 fully saturated rings. The Balaban J connectivity index is 2.10. The molecule has 3 N–H and O–H groups in total. The number of nitrogens with one attached hydrogen (secondary N) is 1. The van der Waals surface area contributed by atoms with Crippen LogP contribution in [0.4, 0.5) is 0 Å². The second kappa shape index (κ2) is 5.50. The van der Waals surface area contributed by atoms with E-state index in [4.69, 9.17) is 10.2 Å². The largest absolute Gasteiger partial charge is 0.416 e. The second-order valence-corrected chi connectivity index (χ2v) is 6.21. The standard InChI is InChI=1S/C12H20N4O2S/c1-7(2)14-12(10(13)17,9-4-5-9)6-19-11-16-15-8(3)18-11/h7,9,14H,4-6H2,1-3H3,(H2,13,17). The van der Waals surface area contributed by atoms with Crippen molar-refractivity contribution in [2.24, 2.45) is 11.7 Å². The van der Waals surface area contributed by atoms with Gasteiger partial charge in [-0.3, -0.25) is 4.79 Å². The van der Waals surface area contributed by atoms with Gasteiger partial charge in [0.25, 0.3) is 5.22 Å². The molecule has 106 valence electrons. The molecule has 19 heavy (non-hydrogen) atoms. The average Bonchev–Trinajstić information content (AvgIpc) is 3.08. The van der Waals surface area contributed by atoms with E-state index in [-0.39, 0.29) is 11.9 Å². The Bertz CT molecular complexity index is 458. The number of carbonyl (C=O) groups is 1. The Morgan fingerprint density at radius 1 is 1.58 bits per heavy atom. The van der Waals surface area contributed by atoms with E-state index in [1.54, 1.807) is 6.92 Å². The summed E-state index contributed by atoms with van der Waals surface area (Å²) in [6.07, 6.45) is 2.07. The quantitative estimate of drug-likeness (QED) is 0.728. The molecule has 0 aliphatic heterocycles. The second-order valence-electron chi connectivity index (χ2n) is 5.28. The molecule has 1 atom stereocenters. The highest BCUT2D eigenvalue weighted by Gasteiger charge is 2.50. The first kappa shape index (κ1) is 14.3. The van der Waals surface area contributed by atoms with Crippen LogP contribution in [0.15, 0.2) is 9.64 Å². The highest BCUT2D eigenvalue weighted by atomic mass is 32.2. The van der Waals surface area contributed by atoms with Gasteiger partial charge in [-0.25, -0.2) is 0 Å². The predicted molar refractivity (Wildman–Crippen MR) is 72.7 cm³/mol. The lowest BCUT2D eigenvalue weighted by molar-refractivity contribution is -0.124. The molecule has 1 amide bonds. The molecule has 2 rings (SSSR count). The van der Waals surface area contributed by atoms with Crippen LogP contribution in [-0.4, -0.2) is 33.4 Å². The van der Waals surface area contributed by atoms with Gasteiger partial charge in [0.05, 0.1) is 0 Å². The van der Waals surface area contributed by atoms with Crippen LogP contribution in [-0.2, 0) is 4.79 Å². The van der Waals surface area contributed by atoms with Crippen molar-refractivity contribution >= 4 is 17.7 Å². The minimum atomic E-state index is -0.679. The lowest BCUT2D eigenvalue weighted by Gasteiger charge is -2.33. The molecule has 0 saturated heterocycles. The van der Waals surface area contributed by atoms with E-state index < -0.39 is 5.54 Å². The number of thioether (sulfide) groups is 1. The van der Waals surface area contributed by atoms with E-state index in [0.29, 0.717) is 22.8 Å². The highest BCUT2D eigenvalue weighted by molar-refractivity contribution is 7.99. The minimum Gasteiger partial charge on any atom is -0.416 e. The van der Waals surface area contributed by atoms with Crippen molar-refractivity contribution in [3.63, 3.8) is 0 Å². The number of aromatic nitrogens is 2. The van der Waals surface area contributed by atoms with Gasteiger partial charge in [-0.15, -0.1) is 10.2 Å². The molecule has 6 nitrogen and oxygen atoms in total. The van der Waals surface area contributed by atoms with Crippen LogP contribution in [0.3, 0.4) is 0 Å². The van der Waals surface area contributed by atoms with Crippen LogP contribution in [0, 0.1) is 12.8 Å². The Morgan fingerprint density at radius 2 is 2.26 bits per heavy atom. The lowest BCUT2D eigenvalue weighted by Crippen LogP contribution is -2.61. The first-order chi connectivity index (χ1) is 8.94. The Hall–Kier alpha value is -1.08. The van der Waals surface area contributed by atoms with Crippen LogP contribution in [0.25, 0.3) is 0 Å². The molecule has 0 aromatic carbocycles. The van der Waals surface area contributed by atoms with Gasteiger partial charge in [0.1, 0.15) is 5.54 Å². The van der Waals surface area contributed by atoms with E-state index >= 15 is 0 Å². The Labute approximate surface area is 116 Å². The highest BCUT2D eigenvalue weighted by Crippen LogP contribution is 2.42. The smallest absolute Gasteiger partial charge is 0.276 e. The van der Waals surface area contributed by atoms with Gasteiger partial charge in [0.15, 0.2) is 0 Å². The normalized spacial score (nSPS) is 18.5. The van der Waals surface area contributed by atoms with Crippen molar-refractivity contribution < 1.29 is 9.21 Å². The molecule has 0 bridgehead atoms. The predicted octanol–water partition coefficient (Wildman–Crippen LogP) is 1.10. The van der Waals surface area contributed by atoms with Gasteiger partial charge in [-0.2, -0.15) is 0 Å². The number of rotatable bonds is 7. The summed E-state index contributed by atoms with van der Waals surface area (Å²) in [6, 6.07) is 0.193. The van der Waals surface area contributed by atoms with Crippen molar-refractivity contribution in [1.82, 2.24) is 15.5 Å². The fourth-order valence-corrected chi connectivity index (χ4v) is 3.31. The zero-order valence-corrected chi connectivity index (χ0v) is 12.3. The number of amides is 1. The third-order valence-corrected chi connectivity index (χ3v) is 4.20. The zero-order chi connectivity index (χ0) is 14.0. The van der Waals surface area contributed by atoms with E-state index in [9.17, 15) is 4.79 Å². The zero-order valence-electron chi connectivity index (χ0n) is 11.5. The molecule has 1 aromatic rings. The summed E-state index contributed by atoms with van der Waals surface area (Å²) in [6.45, 7) is 5.77. The topological polar surface area (TPSA) is 94.0 Å². The van der Waals surface area contributed by atoms with Crippen molar-refractivity contribution in [3.8, 4) is 0 Å². The van der Waals surface area contributed by atoms with Gasteiger partial charge in [-0.1, -0.05) is 11.8 Å². The van der Waals surface area contributed by atoms with Gasteiger partial charge >= 0.3 is 0 Å². The van der Waals surface area contributed by atoms with Crippen LogP contribution in [0.5, 0.6) is 0 Å². The summed E-state index contributed by atoms with van der Waals surface area (Å²) in [7, 11) is 0. The number of carbonyl (C=O) groups excluding carboxylic acids is 1. The van der Waals surface area contributed by atoms with Gasteiger partial charge in [0, 0.05) is 18.7 Å². The first-order valence-corrected chi connectivity index (χ1v) is 7.43. The third kappa shape index (κ3) is 3.27.